The molecule has 1 atom stereocenters. The molecule has 106 valence electrons. The quantitative estimate of drug-likeness (QED) is 0.899. The predicted molar refractivity (Wildman–Crippen MR) is 82.2 cm³/mol. The van der Waals surface area contributed by atoms with Gasteiger partial charge in [0.25, 0.3) is 0 Å². The highest BCUT2D eigenvalue weighted by Gasteiger charge is 2.11. The molecule has 0 bridgehead atoms. The van der Waals surface area contributed by atoms with Gasteiger partial charge < -0.3 is 10.5 Å². The first-order valence-corrected chi connectivity index (χ1v) is 6.98. The maximum absolute atomic E-state index is 5.94. The summed E-state index contributed by atoms with van der Waals surface area (Å²) >= 11 is 0. The van der Waals surface area contributed by atoms with Gasteiger partial charge in [0.05, 0.1) is 0 Å². The summed E-state index contributed by atoms with van der Waals surface area (Å²) < 4.78 is 5.90. The predicted octanol–water partition coefficient (Wildman–Crippen LogP) is 4.33. The van der Waals surface area contributed by atoms with E-state index in [0.717, 1.165) is 11.3 Å². The van der Waals surface area contributed by atoms with Gasteiger partial charge >= 0.3 is 0 Å². The largest absolute Gasteiger partial charge is 0.439 e. The smallest absolute Gasteiger partial charge is 0.223 e. The van der Waals surface area contributed by atoms with E-state index in [4.69, 9.17) is 10.5 Å². The number of aromatic nitrogens is 1. The second-order valence-electron chi connectivity index (χ2n) is 5.46. The summed E-state index contributed by atoms with van der Waals surface area (Å²) in [6.45, 7) is 8.41. The maximum atomic E-state index is 5.94. The Morgan fingerprint density at radius 2 is 1.85 bits per heavy atom. The molecule has 0 aliphatic carbocycles. The summed E-state index contributed by atoms with van der Waals surface area (Å²) in [5.74, 6) is 1.89. The molecule has 1 heterocycles. The molecule has 0 radical (unpaired) electrons. The monoisotopic (exact) mass is 270 g/mol. The minimum absolute atomic E-state index is 0.102. The topological polar surface area (TPSA) is 48.1 Å². The van der Waals surface area contributed by atoms with Crippen LogP contribution in [0.4, 0.5) is 0 Å². The van der Waals surface area contributed by atoms with Crippen molar-refractivity contribution >= 4 is 0 Å². The number of pyridine rings is 1. The van der Waals surface area contributed by atoms with E-state index in [0.29, 0.717) is 11.8 Å². The fourth-order valence-electron chi connectivity index (χ4n) is 2.31. The van der Waals surface area contributed by atoms with Gasteiger partial charge in [-0.2, -0.15) is 0 Å². The van der Waals surface area contributed by atoms with Crippen molar-refractivity contribution in [3.05, 3.63) is 53.2 Å². The van der Waals surface area contributed by atoms with Crippen molar-refractivity contribution in [3.63, 3.8) is 0 Å². The van der Waals surface area contributed by atoms with Gasteiger partial charge in [0.2, 0.25) is 5.88 Å². The lowest BCUT2D eigenvalue weighted by atomic mass is 9.98. The molecule has 2 N–H and O–H groups in total. The van der Waals surface area contributed by atoms with Crippen LogP contribution in [0.5, 0.6) is 11.6 Å². The standard InChI is InChI=1S/C17H22N2O/c1-11(2)15-8-7-14(10-12(15)3)20-17-16(13(4)18)6-5-9-19-17/h5-11,13H,18H2,1-4H3/t13-/m0/s1. The molecule has 0 aliphatic heterocycles. The maximum Gasteiger partial charge on any atom is 0.223 e. The molecule has 2 aromatic rings. The number of rotatable bonds is 4. The molecule has 1 aromatic heterocycles. The van der Waals surface area contributed by atoms with E-state index < -0.39 is 0 Å². The van der Waals surface area contributed by atoms with E-state index in [2.05, 4.69) is 37.9 Å². The van der Waals surface area contributed by atoms with Crippen LogP contribution < -0.4 is 10.5 Å². The van der Waals surface area contributed by atoms with Gasteiger partial charge in [0.1, 0.15) is 5.75 Å². The number of benzene rings is 1. The second-order valence-corrected chi connectivity index (χ2v) is 5.46. The van der Waals surface area contributed by atoms with E-state index in [1.807, 2.05) is 25.1 Å². The Balaban J connectivity index is 2.29. The van der Waals surface area contributed by atoms with Gasteiger partial charge in [-0.1, -0.05) is 26.0 Å². The van der Waals surface area contributed by atoms with Crippen molar-refractivity contribution in [2.24, 2.45) is 5.73 Å². The summed E-state index contributed by atoms with van der Waals surface area (Å²) in [4.78, 5) is 4.28. The average molecular weight is 270 g/mol. The average Bonchev–Trinajstić information content (AvgIpc) is 2.38. The molecule has 1 aromatic carbocycles. The van der Waals surface area contributed by atoms with Crippen LogP contribution in [0, 0.1) is 6.92 Å². The van der Waals surface area contributed by atoms with Crippen LogP contribution in [0.2, 0.25) is 0 Å². The molecule has 20 heavy (non-hydrogen) atoms. The number of nitrogens with two attached hydrogens (primary N) is 1. The van der Waals surface area contributed by atoms with Crippen LogP contribution in [0.15, 0.2) is 36.5 Å². The number of ether oxygens (including phenoxy) is 1. The molecule has 0 saturated heterocycles. The Labute approximate surface area is 120 Å². The molecule has 0 amide bonds. The zero-order chi connectivity index (χ0) is 14.7. The van der Waals surface area contributed by atoms with Crippen LogP contribution in [0.25, 0.3) is 0 Å². The van der Waals surface area contributed by atoms with E-state index in [9.17, 15) is 0 Å². The van der Waals surface area contributed by atoms with Crippen molar-refractivity contribution in [2.45, 2.75) is 39.7 Å². The van der Waals surface area contributed by atoms with E-state index in [1.54, 1.807) is 6.20 Å². The van der Waals surface area contributed by atoms with Gasteiger partial charge in [0, 0.05) is 17.8 Å². The van der Waals surface area contributed by atoms with E-state index in [-0.39, 0.29) is 6.04 Å². The van der Waals surface area contributed by atoms with Gasteiger partial charge in [-0.05, 0) is 49.1 Å². The number of hydrogen-bond acceptors (Lipinski definition) is 3. The first-order valence-electron chi connectivity index (χ1n) is 6.98. The van der Waals surface area contributed by atoms with Gasteiger partial charge in [0.15, 0.2) is 0 Å². The molecule has 3 heteroatoms. The Hall–Kier alpha value is -1.87. The lowest BCUT2D eigenvalue weighted by Gasteiger charge is -2.14. The molecular formula is C17H22N2O. The van der Waals surface area contributed by atoms with Crippen molar-refractivity contribution < 1.29 is 4.74 Å². The summed E-state index contributed by atoms with van der Waals surface area (Å²) in [6.07, 6.45) is 1.72. The molecule has 0 unspecified atom stereocenters. The Kier molecular flexibility index (Phi) is 4.40. The van der Waals surface area contributed by atoms with Crippen molar-refractivity contribution in [2.75, 3.05) is 0 Å². The molecule has 0 fully saturated rings. The third-order valence-electron chi connectivity index (χ3n) is 3.37. The zero-order valence-electron chi connectivity index (χ0n) is 12.6. The van der Waals surface area contributed by atoms with Crippen molar-refractivity contribution in [1.82, 2.24) is 4.98 Å². The lowest BCUT2D eigenvalue weighted by molar-refractivity contribution is 0.451. The number of aryl methyl sites for hydroxylation is 1. The normalized spacial score (nSPS) is 12.5. The van der Waals surface area contributed by atoms with E-state index in [1.165, 1.54) is 11.1 Å². The fourth-order valence-corrected chi connectivity index (χ4v) is 2.31. The van der Waals surface area contributed by atoms with Crippen molar-refractivity contribution in [3.8, 4) is 11.6 Å². The zero-order valence-corrected chi connectivity index (χ0v) is 12.6. The second kappa shape index (κ2) is 6.06. The molecule has 0 spiro atoms. The third-order valence-corrected chi connectivity index (χ3v) is 3.37. The highest BCUT2D eigenvalue weighted by Crippen LogP contribution is 2.29. The summed E-state index contributed by atoms with van der Waals surface area (Å²) in [5.41, 5.74) is 9.43. The molecule has 3 nitrogen and oxygen atoms in total. The number of hydrogen-bond donors (Lipinski definition) is 1. The third kappa shape index (κ3) is 3.17. The fraction of sp³-hybridized carbons (Fsp3) is 0.353. The van der Waals surface area contributed by atoms with Crippen LogP contribution >= 0.6 is 0 Å². The molecule has 0 saturated carbocycles. The van der Waals surface area contributed by atoms with Crippen molar-refractivity contribution in [1.29, 1.82) is 0 Å². The molecule has 2 rings (SSSR count). The van der Waals surface area contributed by atoms with Gasteiger partial charge in [-0.15, -0.1) is 0 Å². The lowest BCUT2D eigenvalue weighted by Crippen LogP contribution is -2.07. The Morgan fingerprint density at radius 3 is 2.45 bits per heavy atom. The molecule has 0 aliphatic rings. The van der Waals surface area contributed by atoms with E-state index >= 15 is 0 Å². The minimum atomic E-state index is -0.102. The summed E-state index contributed by atoms with van der Waals surface area (Å²) in [6, 6.07) is 9.87. The van der Waals surface area contributed by atoms with Crippen LogP contribution in [-0.4, -0.2) is 4.98 Å². The van der Waals surface area contributed by atoms with Crippen LogP contribution in [-0.2, 0) is 0 Å². The highest BCUT2D eigenvalue weighted by atomic mass is 16.5. The van der Waals surface area contributed by atoms with Gasteiger partial charge in [-0.3, -0.25) is 0 Å². The SMILES string of the molecule is Cc1cc(Oc2ncccc2[C@H](C)N)ccc1C(C)C. The highest BCUT2D eigenvalue weighted by molar-refractivity contribution is 5.39. The van der Waals surface area contributed by atoms with Gasteiger partial charge in [-0.25, -0.2) is 4.98 Å². The minimum Gasteiger partial charge on any atom is -0.439 e. The Bertz CT molecular complexity index is 591. The molecular weight excluding hydrogens is 248 g/mol. The van der Waals surface area contributed by atoms with Crippen LogP contribution in [0.1, 0.15) is 49.4 Å². The van der Waals surface area contributed by atoms with Crippen LogP contribution in [0.3, 0.4) is 0 Å². The Morgan fingerprint density at radius 1 is 1.10 bits per heavy atom. The first-order chi connectivity index (χ1) is 9.49. The number of nitrogens with zero attached hydrogens (tertiary/aromatic N) is 1. The summed E-state index contributed by atoms with van der Waals surface area (Å²) in [5, 5.41) is 0. The first kappa shape index (κ1) is 14.5. The summed E-state index contributed by atoms with van der Waals surface area (Å²) in [7, 11) is 0.